The molecular formula is C19H21NO3S2. The number of benzene rings is 1. The Kier molecular flexibility index (Phi) is 5.81. The summed E-state index contributed by atoms with van der Waals surface area (Å²) in [5.74, 6) is -0.556. The van der Waals surface area contributed by atoms with Gasteiger partial charge in [0.1, 0.15) is 5.00 Å². The first-order valence-corrected chi connectivity index (χ1v) is 10.4. The number of hydrogen-bond acceptors (Lipinski definition) is 5. The van der Waals surface area contributed by atoms with E-state index in [-0.39, 0.29) is 11.9 Å². The number of amides is 1. The van der Waals surface area contributed by atoms with Crippen molar-refractivity contribution in [1.82, 2.24) is 0 Å². The molecule has 0 spiro atoms. The fourth-order valence-electron chi connectivity index (χ4n) is 3.15. The van der Waals surface area contributed by atoms with Crippen LogP contribution in [0.5, 0.6) is 0 Å². The van der Waals surface area contributed by atoms with Crippen LogP contribution in [-0.4, -0.2) is 25.2 Å². The van der Waals surface area contributed by atoms with E-state index in [0.29, 0.717) is 16.1 Å². The second-order valence-corrected chi connectivity index (χ2v) is 7.87. The fraction of sp³-hybridized carbons (Fsp3) is 0.368. The summed E-state index contributed by atoms with van der Waals surface area (Å²) in [5.41, 5.74) is 2.22. The molecule has 0 aliphatic heterocycles. The number of thiophene rings is 1. The predicted octanol–water partition coefficient (Wildman–Crippen LogP) is 4.78. The minimum absolute atomic E-state index is 0.188. The van der Waals surface area contributed by atoms with Crippen LogP contribution in [0.25, 0.3) is 0 Å². The molecule has 0 saturated heterocycles. The Hall–Kier alpha value is -1.79. The Morgan fingerprint density at radius 3 is 2.68 bits per heavy atom. The van der Waals surface area contributed by atoms with Gasteiger partial charge in [-0.15, -0.1) is 23.1 Å². The number of methoxy groups -OCH3 is 1. The highest BCUT2D eigenvalue weighted by atomic mass is 32.2. The van der Waals surface area contributed by atoms with Gasteiger partial charge in [-0.2, -0.15) is 0 Å². The topological polar surface area (TPSA) is 55.4 Å². The number of fused-ring (bicyclic) bond motifs is 1. The van der Waals surface area contributed by atoms with E-state index < -0.39 is 0 Å². The first-order chi connectivity index (χ1) is 12.2. The Bertz CT molecular complexity index is 798. The standard InChI is InChI=1S/C19H21NO3S2/c1-23-19(22)16-12-8-4-3-5-11-15(12)25-18(16)20-17(21)13-9-6-7-10-14(13)24-2/h6-7,9-10H,3-5,8,11H2,1-2H3,(H,20,21). The maximum Gasteiger partial charge on any atom is 0.341 e. The van der Waals surface area contributed by atoms with Crippen LogP contribution >= 0.6 is 23.1 Å². The van der Waals surface area contributed by atoms with Crippen molar-refractivity contribution in [2.45, 2.75) is 37.0 Å². The van der Waals surface area contributed by atoms with Gasteiger partial charge in [0.2, 0.25) is 0 Å². The third-order valence-corrected chi connectivity index (χ3v) is 6.39. The van der Waals surface area contributed by atoms with Crippen molar-refractivity contribution < 1.29 is 14.3 Å². The number of aryl methyl sites for hydroxylation is 1. The quantitative estimate of drug-likeness (QED) is 0.475. The summed E-state index contributed by atoms with van der Waals surface area (Å²) in [4.78, 5) is 27.2. The molecule has 1 aromatic carbocycles. The van der Waals surface area contributed by atoms with Gasteiger partial charge in [-0.3, -0.25) is 4.79 Å². The number of thioether (sulfide) groups is 1. The zero-order chi connectivity index (χ0) is 17.8. The molecule has 0 fully saturated rings. The van der Waals surface area contributed by atoms with E-state index in [2.05, 4.69) is 5.32 Å². The fourth-order valence-corrected chi connectivity index (χ4v) is 5.02. The number of carbonyl (C=O) groups is 2. The molecule has 1 amide bonds. The molecule has 1 N–H and O–H groups in total. The number of hydrogen-bond donors (Lipinski definition) is 1. The van der Waals surface area contributed by atoms with Crippen LogP contribution in [0.4, 0.5) is 5.00 Å². The normalized spacial score (nSPS) is 13.7. The minimum atomic E-state index is -0.368. The van der Waals surface area contributed by atoms with Gasteiger partial charge >= 0.3 is 5.97 Å². The Morgan fingerprint density at radius 1 is 1.16 bits per heavy atom. The Labute approximate surface area is 156 Å². The number of ether oxygens (including phenoxy) is 1. The van der Waals surface area contributed by atoms with Gasteiger partial charge in [0.05, 0.1) is 18.2 Å². The molecule has 132 valence electrons. The number of nitrogens with one attached hydrogen (secondary N) is 1. The average molecular weight is 376 g/mol. The number of anilines is 1. The molecule has 2 aromatic rings. The molecule has 3 rings (SSSR count). The lowest BCUT2D eigenvalue weighted by atomic mass is 10.1. The highest BCUT2D eigenvalue weighted by molar-refractivity contribution is 7.98. The molecule has 0 bridgehead atoms. The molecule has 1 aliphatic carbocycles. The van der Waals surface area contributed by atoms with Crippen molar-refractivity contribution in [3.05, 3.63) is 45.8 Å². The van der Waals surface area contributed by atoms with Crippen molar-refractivity contribution >= 4 is 40.0 Å². The van der Waals surface area contributed by atoms with E-state index >= 15 is 0 Å². The van der Waals surface area contributed by atoms with Crippen LogP contribution in [0, 0.1) is 0 Å². The summed E-state index contributed by atoms with van der Waals surface area (Å²) in [6.45, 7) is 0. The van der Waals surface area contributed by atoms with Gasteiger partial charge in [-0.1, -0.05) is 18.6 Å². The molecule has 0 radical (unpaired) electrons. The van der Waals surface area contributed by atoms with Crippen molar-refractivity contribution in [2.75, 3.05) is 18.7 Å². The Balaban J connectivity index is 1.97. The van der Waals surface area contributed by atoms with Crippen molar-refractivity contribution in [1.29, 1.82) is 0 Å². The van der Waals surface area contributed by atoms with Crippen LogP contribution < -0.4 is 5.32 Å². The lowest BCUT2D eigenvalue weighted by molar-refractivity contribution is 0.0601. The van der Waals surface area contributed by atoms with Gasteiger partial charge in [-0.05, 0) is 49.6 Å². The zero-order valence-electron chi connectivity index (χ0n) is 14.4. The highest BCUT2D eigenvalue weighted by Gasteiger charge is 2.26. The van der Waals surface area contributed by atoms with E-state index in [4.69, 9.17) is 4.74 Å². The van der Waals surface area contributed by atoms with E-state index in [0.717, 1.165) is 36.1 Å². The molecule has 1 heterocycles. The van der Waals surface area contributed by atoms with E-state index in [9.17, 15) is 9.59 Å². The molecule has 0 unspecified atom stereocenters. The maximum absolute atomic E-state index is 12.8. The third-order valence-electron chi connectivity index (χ3n) is 4.39. The maximum atomic E-state index is 12.8. The smallest absolute Gasteiger partial charge is 0.341 e. The molecule has 25 heavy (non-hydrogen) atoms. The van der Waals surface area contributed by atoms with Crippen LogP contribution in [0.2, 0.25) is 0 Å². The molecule has 1 aliphatic rings. The lowest BCUT2D eigenvalue weighted by Crippen LogP contribution is -2.15. The average Bonchev–Trinajstić information content (AvgIpc) is 2.81. The SMILES string of the molecule is COC(=O)c1c(NC(=O)c2ccccc2SC)sc2c1CCCCC2. The van der Waals surface area contributed by atoms with Crippen molar-refractivity contribution in [3.63, 3.8) is 0 Å². The molecule has 6 heteroatoms. The van der Waals surface area contributed by atoms with Crippen LogP contribution in [0.1, 0.15) is 50.4 Å². The van der Waals surface area contributed by atoms with Gasteiger partial charge in [0.15, 0.2) is 0 Å². The summed E-state index contributed by atoms with van der Waals surface area (Å²) >= 11 is 3.05. The molecule has 0 saturated carbocycles. The van der Waals surface area contributed by atoms with Crippen LogP contribution in [0.3, 0.4) is 0 Å². The predicted molar refractivity (Wildman–Crippen MR) is 103 cm³/mol. The Morgan fingerprint density at radius 2 is 1.92 bits per heavy atom. The second-order valence-electron chi connectivity index (χ2n) is 5.91. The van der Waals surface area contributed by atoms with Gasteiger partial charge in [-0.25, -0.2) is 4.79 Å². The van der Waals surface area contributed by atoms with E-state index in [1.54, 1.807) is 6.07 Å². The molecular weight excluding hydrogens is 354 g/mol. The summed E-state index contributed by atoms with van der Waals surface area (Å²) in [7, 11) is 1.39. The third kappa shape index (κ3) is 3.75. The summed E-state index contributed by atoms with van der Waals surface area (Å²) in [5, 5.41) is 3.57. The first kappa shape index (κ1) is 18.0. The number of rotatable bonds is 4. The van der Waals surface area contributed by atoms with Crippen molar-refractivity contribution in [3.8, 4) is 0 Å². The lowest BCUT2D eigenvalue weighted by Gasteiger charge is -2.09. The largest absolute Gasteiger partial charge is 0.465 e. The van der Waals surface area contributed by atoms with E-state index in [1.165, 1.54) is 41.5 Å². The molecule has 1 aromatic heterocycles. The number of esters is 1. The van der Waals surface area contributed by atoms with Gasteiger partial charge < -0.3 is 10.1 Å². The summed E-state index contributed by atoms with van der Waals surface area (Å²) < 4.78 is 4.99. The summed E-state index contributed by atoms with van der Waals surface area (Å²) in [6.07, 6.45) is 7.13. The van der Waals surface area contributed by atoms with Crippen LogP contribution in [-0.2, 0) is 17.6 Å². The number of carbonyl (C=O) groups excluding carboxylic acids is 2. The zero-order valence-corrected chi connectivity index (χ0v) is 16.0. The first-order valence-electron chi connectivity index (χ1n) is 8.33. The molecule has 4 nitrogen and oxygen atoms in total. The van der Waals surface area contributed by atoms with E-state index in [1.807, 2.05) is 24.5 Å². The second kappa shape index (κ2) is 8.06. The minimum Gasteiger partial charge on any atom is -0.465 e. The summed E-state index contributed by atoms with van der Waals surface area (Å²) in [6, 6.07) is 7.48. The highest BCUT2D eigenvalue weighted by Crippen LogP contribution is 2.38. The van der Waals surface area contributed by atoms with Crippen molar-refractivity contribution in [2.24, 2.45) is 0 Å². The van der Waals surface area contributed by atoms with Crippen LogP contribution in [0.15, 0.2) is 29.2 Å². The van der Waals surface area contributed by atoms with Gasteiger partial charge in [0, 0.05) is 9.77 Å². The van der Waals surface area contributed by atoms with Gasteiger partial charge in [0.25, 0.3) is 5.91 Å². The molecule has 0 atom stereocenters. The monoisotopic (exact) mass is 375 g/mol.